The number of anilines is 1. The molecule has 0 saturated heterocycles. The molecule has 0 amide bonds. The van der Waals surface area contributed by atoms with Gasteiger partial charge < -0.3 is 5.32 Å². The quantitative estimate of drug-likeness (QED) is 0.944. The maximum Gasteiger partial charge on any atom is 0.139 e. The number of aromatic nitrogens is 2. The summed E-state index contributed by atoms with van der Waals surface area (Å²) in [7, 11) is 0. The molecule has 1 aromatic carbocycles. The maximum atomic E-state index is 13.4. The van der Waals surface area contributed by atoms with Gasteiger partial charge >= 0.3 is 0 Å². The fraction of sp³-hybridized carbons (Fsp3) is 0.167. The van der Waals surface area contributed by atoms with Gasteiger partial charge in [0.05, 0.1) is 22.9 Å². The Kier molecular flexibility index (Phi) is 3.68. The van der Waals surface area contributed by atoms with Gasteiger partial charge in [-0.05, 0) is 40.5 Å². The average Bonchev–Trinajstić information content (AvgIpc) is 2.33. The second kappa shape index (κ2) is 5.23. The van der Waals surface area contributed by atoms with Gasteiger partial charge in [0.25, 0.3) is 0 Å². The van der Waals surface area contributed by atoms with Crippen molar-refractivity contribution in [3.8, 4) is 0 Å². The number of aryl methyl sites for hydroxylation is 1. The lowest BCUT2D eigenvalue weighted by Crippen LogP contribution is -2.03. The van der Waals surface area contributed by atoms with Crippen molar-refractivity contribution in [1.82, 2.24) is 9.97 Å². The highest BCUT2D eigenvalue weighted by atomic mass is 79.9. The summed E-state index contributed by atoms with van der Waals surface area (Å²) in [5.41, 5.74) is 2.55. The van der Waals surface area contributed by atoms with Crippen LogP contribution in [0.5, 0.6) is 0 Å². The molecule has 0 bridgehead atoms. The van der Waals surface area contributed by atoms with E-state index >= 15 is 0 Å². The molecule has 5 heteroatoms. The highest BCUT2D eigenvalue weighted by Crippen LogP contribution is 2.24. The van der Waals surface area contributed by atoms with Crippen LogP contribution in [0, 0.1) is 12.7 Å². The van der Waals surface area contributed by atoms with Gasteiger partial charge in [-0.2, -0.15) is 0 Å². The standard InChI is InChI=1S/C12H11BrFN3/c1-8-4-10(13)11(14)5-12(8)17-7-9-6-15-2-3-16-9/h2-6,17H,7H2,1H3. The molecule has 2 aromatic rings. The Labute approximate surface area is 107 Å². The van der Waals surface area contributed by atoms with Crippen molar-refractivity contribution in [1.29, 1.82) is 0 Å². The first-order valence-electron chi connectivity index (χ1n) is 5.11. The lowest BCUT2D eigenvalue weighted by Gasteiger charge is -2.09. The number of hydrogen-bond donors (Lipinski definition) is 1. The second-order valence-corrected chi connectivity index (χ2v) is 4.49. The van der Waals surface area contributed by atoms with Crippen molar-refractivity contribution in [2.24, 2.45) is 0 Å². The monoisotopic (exact) mass is 295 g/mol. The van der Waals surface area contributed by atoms with Crippen molar-refractivity contribution >= 4 is 21.6 Å². The molecular weight excluding hydrogens is 285 g/mol. The Morgan fingerprint density at radius 1 is 1.35 bits per heavy atom. The van der Waals surface area contributed by atoms with Gasteiger partial charge in [0.1, 0.15) is 5.82 Å². The van der Waals surface area contributed by atoms with Crippen LogP contribution in [0.3, 0.4) is 0 Å². The van der Waals surface area contributed by atoms with Crippen molar-refractivity contribution < 1.29 is 4.39 Å². The smallest absolute Gasteiger partial charge is 0.139 e. The molecule has 0 atom stereocenters. The van der Waals surface area contributed by atoms with Crippen molar-refractivity contribution in [3.63, 3.8) is 0 Å². The van der Waals surface area contributed by atoms with E-state index in [4.69, 9.17) is 0 Å². The molecule has 1 aromatic heterocycles. The molecule has 1 N–H and O–H groups in total. The summed E-state index contributed by atoms with van der Waals surface area (Å²) in [6.45, 7) is 2.44. The fourth-order valence-electron chi connectivity index (χ4n) is 1.44. The van der Waals surface area contributed by atoms with E-state index in [-0.39, 0.29) is 5.82 Å². The molecule has 0 aliphatic carbocycles. The number of halogens is 2. The van der Waals surface area contributed by atoms with Crippen LogP contribution >= 0.6 is 15.9 Å². The summed E-state index contributed by atoms with van der Waals surface area (Å²) in [6.07, 6.45) is 4.93. The molecular formula is C12H11BrFN3. The molecule has 88 valence electrons. The molecule has 1 heterocycles. The topological polar surface area (TPSA) is 37.8 Å². The number of nitrogens with one attached hydrogen (secondary N) is 1. The van der Waals surface area contributed by atoms with E-state index in [1.807, 2.05) is 6.92 Å². The number of hydrogen-bond acceptors (Lipinski definition) is 3. The lowest BCUT2D eigenvalue weighted by molar-refractivity contribution is 0.621. The van der Waals surface area contributed by atoms with Crippen LogP contribution in [0.25, 0.3) is 0 Å². The van der Waals surface area contributed by atoms with E-state index in [2.05, 4.69) is 31.2 Å². The van der Waals surface area contributed by atoms with Crippen LogP contribution in [-0.4, -0.2) is 9.97 Å². The summed E-state index contributed by atoms with van der Waals surface area (Å²) < 4.78 is 13.8. The van der Waals surface area contributed by atoms with E-state index in [1.54, 1.807) is 24.7 Å². The minimum Gasteiger partial charge on any atom is -0.379 e. The van der Waals surface area contributed by atoms with Crippen LogP contribution in [0.15, 0.2) is 35.2 Å². The second-order valence-electron chi connectivity index (χ2n) is 3.63. The number of rotatable bonds is 3. The predicted molar refractivity (Wildman–Crippen MR) is 68.2 cm³/mol. The highest BCUT2D eigenvalue weighted by molar-refractivity contribution is 9.10. The van der Waals surface area contributed by atoms with Gasteiger partial charge in [-0.15, -0.1) is 0 Å². The van der Waals surface area contributed by atoms with E-state index in [0.717, 1.165) is 16.9 Å². The largest absolute Gasteiger partial charge is 0.379 e. The van der Waals surface area contributed by atoms with Gasteiger partial charge in [0, 0.05) is 18.1 Å². The molecule has 0 fully saturated rings. The zero-order chi connectivity index (χ0) is 12.3. The van der Waals surface area contributed by atoms with E-state index in [0.29, 0.717) is 11.0 Å². The van der Waals surface area contributed by atoms with E-state index < -0.39 is 0 Å². The molecule has 0 saturated carbocycles. The summed E-state index contributed by atoms with van der Waals surface area (Å²) in [4.78, 5) is 8.10. The molecule has 2 rings (SSSR count). The zero-order valence-corrected chi connectivity index (χ0v) is 10.8. The Bertz CT molecular complexity index is 517. The predicted octanol–water partition coefficient (Wildman–Crippen LogP) is 3.30. The SMILES string of the molecule is Cc1cc(Br)c(F)cc1NCc1cnccn1. The molecule has 0 unspecified atom stereocenters. The molecule has 0 aliphatic rings. The minimum absolute atomic E-state index is 0.280. The molecule has 0 radical (unpaired) electrons. The fourth-order valence-corrected chi connectivity index (χ4v) is 1.90. The number of benzene rings is 1. The normalized spacial score (nSPS) is 10.3. The third kappa shape index (κ3) is 3.00. The summed E-state index contributed by atoms with van der Waals surface area (Å²) >= 11 is 3.15. The third-order valence-corrected chi connectivity index (χ3v) is 2.95. The molecule has 3 nitrogen and oxygen atoms in total. The van der Waals surface area contributed by atoms with Gasteiger partial charge in [0.15, 0.2) is 0 Å². The lowest BCUT2D eigenvalue weighted by atomic mass is 10.2. The number of nitrogens with zero attached hydrogens (tertiary/aromatic N) is 2. The first-order chi connectivity index (χ1) is 8.16. The molecule has 0 spiro atoms. The Hall–Kier alpha value is -1.49. The Balaban J connectivity index is 2.12. The summed E-state index contributed by atoms with van der Waals surface area (Å²) in [6, 6.07) is 3.21. The molecule has 17 heavy (non-hydrogen) atoms. The molecule has 0 aliphatic heterocycles. The zero-order valence-electron chi connectivity index (χ0n) is 9.24. The van der Waals surface area contributed by atoms with Crippen LogP contribution in [-0.2, 0) is 6.54 Å². The van der Waals surface area contributed by atoms with Crippen LogP contribution < -0.4 is 5.32 Å². The van der Waals surface area contributed by atoms with Gasteiger partial charge in [-0.3, -0.25) is 9.97 Å². The van der Waals surface area contributed by atoms with Crippen molar-refractivity contribution in [2.75, 3.05) is 5.32 Å². The van der Waals surface area contributed by atoms with Crippen LogP contribution in [0.4, 0.5) is 10.1 Å². The van der Waals surface area contributed by atoms with Crippen molar-refractivity contribution in [2.45, 2.75) is 13.5 Å². The van der Waals surface area contributed by atoms with Crippen LogP contribution in [0.2, 0.25) is 0 Å². The third-order valence-electron chi connectivity index (χ3n) is 2.34. The summed E-state index contributed by atoms with van der Waals surface area (Å²) in [5.74, 6) is -0.280. The van der Waals surface area contributed by atoms with Crippen LogP contribution in [0.1, 0.15) is 11.3 Å². The first-order valence-corrected chi connectivity index (χ1v) is 5.90. The van der Waals surface area contributed by atoms with E-state index in [1.165, 1.54) is 6.07 Å². The minimum atomic E-state index is -0.280. The highest BCUT2D eigenvalue weighted by Gasteiger charge is 2.05. The van der Waals surface area contributed by atoms with E-state index in [9.17, 15) is 4.39 Å². The van der Waals surface area contributed by atoms with Gasteiger partial charge in [-0.25, -0.2) is 4.39 Å². The van der Waals surface area contributed by atoms with Crippen molar-refractivity contribution in [3.05, 3.63) is 52.3 Å². The van der Waals surface area contributed by atoms with Gasteiger partial charge in [-0.1, -0.05) is 0 Å². The Morgan fingerprint density at radius 2 is 2.18 bits per heavy atom. The Morgan fingerprint density at radius 3 is 2.88 bits per heavy atom. The summed E-state index contributed by atoms with van der Waals surface area (Å²) in [5, 5.41) is 3.13. The average molecular weight is 296 g/mol. The first kappa shape index (κ1) is 12.0. The van der Waals surface area contributed by atoms with Gasteiger partial charge in [0.2, 0.25) is 0 Å². The maximum absolute atomic E-state index is 13.4.